The molecular weight excluding hydrogens is 488 g/mol. The monoisotopic (exact) mass is 510 g/mol. The molecule has 0 atom stereocenters. The number of carbonyl (C=O) groups is 3. The van der Waals surface area contributed by atoms with Gasteiger partial charge in [-0.3, -0.25) is 14.4 Å². The molecule has 0 aliphatic carbocycles. The Balaban J connectivity index is 1.85. The molecule has 0 spiro atoms. The summed E-state index contributed by atoms with van der Waals surface area (Å²) in [5.74, 6) is -0.971. The lowest BCUT2D eigenvalue weighted by atomic mass is 9.98. The van der Waals surface area contributed by atoms with Crippen LogP contribution < -0.4 is 5.63 Å². The van der Waals surface area contributed by atoms with Crippen molar-refractivity contribution >= 4 is 51.4 Å². The van der Waals surface area contributed by atoms with Crippen LogP contribution in [0.2, 0.25) is 0 Å². The van der Waals surface area contributed by atoms with Crippen LogP contribution in [0.25, 0.3) is 11.0 Å². The Morgan fingerprint density at radius 2 is 1.61 bits per heavy atom. The summed E-state index contributed by atoms with van der Waals surface area (Å²) >= 11 is 5.87. The van der Waals surface area contributed by atoms with Gasteiger partial charge in [0.25, 0.3) is 0 Å². The molecule has 10 nitrogen and oxygen atoms in total. The van der Waals surface area contributed by atoms with Crippen LogP contribution in [-0.2, 0) is 4.84 Å². The van der Waals surface area contributed by atoms with Gasteiger partial charge in [0, 0.05) is 44.7 Å². The molecule has 0 unspecified atom stereocenters. The molecule has 2 aromatic carbocycles. The number of aryl methyl sites for hydroxylation is 1. The van der Waals surface area contributed by atoms with Crippen molar-refractivity contribution in [3.8, 4) is 0 Å². The minimum atomic E-state index is -1.12. The average molecular weight is 511 g/mol. The van der Waals surface area contributed by atoms with Gasteiger partial charge in [0.1, 0.15) is 11.1 Å². The summed E-state index contributed by atoms with van der Waals surface area (Å²) in [5, 5.41) is 2.90. The fourth-order valence-electron chi connectivity index (χ4n) is 3.33. The van der Waals surface area contributed by atoms with Crippen molar-refractivity contribution in [1.82, 2.24) is 9.80 Å². The average Bonchev–Trinajstić information content (AvgIpc) is 2.84. The van der Waals surface area contributed by atoms with Crippen LogP contribution in [0, 0.1) is 6.92 Å². The minimum Gasteiger partial charge on any atom is -0.422 e. The van der Waals surface area contributed by atoms with Gasteiger partial charge >= 0.3 is 11.7 Å². The van der Waals surface area contributed by atoms with E-state index in [2.05, 4.69) is 15.0 Å². The zero-order valence-electron chi connectivity index (χ0n) is 20.2. The van der Waals surface area contributed by atoms with Gasteiger partial charge in [0.05, 0.1) is 0 Å². The molecule has 11 heteroatoms. The first-order valence-corrected chi connectivity index (χ1v) is 11.0. The van der Waals surface area contributed by atoms with E-state index in [1.165, 1.54) is 12.1 Å². The molecule has 3 rings (SSSR count). The van der Waals surface area contributed by atoms with Crippen molar-refractivity contribution < 1.29 is 23.6 Å². The predicted molar refractivity (Wildman–Crippen MR) is 136 cm³/mol. The van der Waals surface area contributed by atoms with Crippen LogP contribution >= 0.6 is 11.6 Å². The molecule has 0 aliphatic rings. The van der Waals surface area contributed by atoms with Gasteiger partial charge in [-0.25, -0.2) is 9.59 Å². The number of amides is 1. The highest BCUT2D eigenvalue weighted by Gasteiger charge is 2.21. The first-order chi connectivity index (χ1) is 17.0. The highest BCUT2D eigenvalue weighted by atomic mass is 35.5. The summed E-state index contributed by atoms with van der Waals surface area (Å²) in [4.78, 5) is 61.4. The van der Waals surface area contributed by atoms with Gasteiger partial charge in [0.15, 0.2) is 5.78 Å². The number of rotatable bonds is 5. The van der Waals surface area contributed by atoms with E-state index in [9.17, 15) is 19.2 Å². The van der Waals surface area contributed by atoms with Crippen LogP contribution in [0.4, 0.5) is 4.79 Å². The first kappa shape index (κ1) is 26.3. The molecule has 0 N–H and O–H groups in total. The number of ketones is 2. The smallest absolute Gasteiger partial charge is 0.422 e. The Bertz CT molecular complexity index is 1460. The number of hydrogen-bond acceptors (Lipinski definition) is 7. The fraction of sp³-hybridized carbons (Fsp3) is 0.200. The predicted octanol–water partition coefficient (Wildman–Crippen LogP) is 3.68. The van der Waals surface area contributed by atoms with E-state index in [1.807, 2.05) is 19.1 Å². The molecule has 0 saturated carbocycles. The molecule has 3 aromatic rings. The quantitative estimate of drug-likeness (QED) is 0.127. The number of benzene rings is 2. The van der Waals surface area contributed by atoms with Crippen molar-refractivity contribution in [1.29, 1.82) is 0 Å². The summed E-state index contributed by atoms with van der Waals surface area (Å²) in [6, 6.07) is 12.9. The molecule has 0 aliphatic heterocycles. The van der Waals surface area contributed by atoms with Gasteiger partial charge in [-0.15, -0.1) is 4.99 Å². The maximum atomic E-state index is 12.9. The Kier molecular flexibility index (Phi) is 8.00. The van der Waals surface area contributed by atoms with E-state index < -0.39 is 28.2 Å². The van der Waals surface area contributed by atoms with Crippen LogP contribution in [0.1, 0.15) is 31.8 Å². The first-order valence-electron chi connectivity index (χ1n) is 10.6. The van der Waals surface area contributed by atoms with Crippen molar-refractivity contribution in [2.45, 2.75) is 6.92 Å². The normalized spacial score (nSPS) is 11.1. The van der Waals surface area contributed by atoms with E-state index in [4.69, 9.17) is 16.0 Å². The molecule has 1 amide bonds. The molecule has 1 aromatic heterocycles. The lowest BCUT2D eigenvalue weighted by molar-refractivity contribution is 0.103. The molecule has 1 heterocycles. The molecular formula is C25H23ClN4O6. The standard InChI is InChI=1S/C25H23ClN4O6/c1-14-8-6-7-9-17(14)20(31)16-11-10-15-12-18(23(33)35-19(15)13-16)21(32)22(26)28-36-25(34)27-24(29(2)3)30(4)5/h6-13H,1-5H3/b28-22+. The Morgan fingerprint density at radius 1 is 0.944 bits per heavy atom. The number of Topliss-reactive ketones (excluding diaryl/α,β-unsaturated/α-hetero) is 1. The number of nitrogens with zero attached hydrogens (tertiary/aromatic N) is 4. The number of hydrogen-bond donors (Lipinski definition) is 0. The topological polar surface area (TPSA) is 122 Å². The maximum absolute atomic E-state index is 12.9. The Morgan fingerprint density at radius 3 is 2.25 bits per heavy atom. The van der Waals surface area contributed by atoms with E-state index in [0.717, 1.165) is 5.56 Å². The van der Waals surface area contributed by atoms with E-state index >= 15 is 0 Å². The number of halogens is 1. The lowest BCUT2D eigenvalue weighted by Crippen LogP contribution is -2.36. The third kappa shape index (κ3) is 5.84. The summed E-state index contributed by atoms with van der Waals surface area (Å²) in [5.41, 5.74) is 0.357. The zero-order chi connectivity index (χ0) is 26.6. The third-order valence-electron chi connectivity index (χ3n) is 5.02. The Labute approximate surface area is 211 Å². The SMILES string of the molecule is Cc1ccccc1C(=O)c1ccc2cc(C(=O)/C(Cl)=N\OC(=O)N=C(N(C)C)N(C)C)c(=O)oc2c1. The fourth-order valence-corrected chi connectivity index (χ4v) is 3.46. The summed E-state index contributed by atoms with van der Waals surface area (Å²) < 4.78 is 5.27. The molecule has 0 fully saturated rings. The van der Waals surface area contributed by atoms with Crippen molar-refractivity contribution in [2.24, 2.45) is 10.1 Å². The van der Waals surface area contributed by atoms with Crippen molar-refractivity contribution in [3.05, 3.63) is 81.2 Å². The number of carbonyl (C=O) groups excluding carboxylic acids is 3. The second-order valence-electron chi connectivity index (χ2n) is 8.11. The van der Waals surface area contributed by atoms with E-state index in [1.54, 1.807) is 62.3 Å². The van der Waals surface area contributed by atoms with E-state index in [0.29, 0.717) is 16.5 Å². The number of aliphatic imine (C=N–C) groups is 1. The summed E-state index contributed by atoms with van der Waals surface area (Å²) in [6.07, 6.45) is -1.12. The minimum absolute atomic E-state index is 0.115. The highest BCUT2D eigenvalue weighted by molar-refractivity contribution is 6.84. The maximum Gasteiger partial charge on any atom is 0.463 e. The zero-order valence-corrected chi connectivity index (χ0v) is 21.0. The van der Waals surface area contributed by atoms with Crippen LogP contribution in [0.5, 0.6) is 0 Å². The molecule has 36 heavy (non-hydrogen) atoms. The van der Waals surface area contributed by atoms with Crippen molar-refractivity contribution in [2.75, 3.05) is 28.2 Å². The van der Waals surface area contributed by atoms with Crippen LogP contribution in [-0.4, -0.2) is 66.8 Å². The van der Waals surface area contributed by atoms with Crippen molar-refractivity contribution in [3.63, 3.8) is 0 Å². The summed E-state index contributed by atoms with van der Waals surface area (Å²) in [6.45, 7) is 1.82. The van der Waals surface area contributed by atoms with Gasteiger partial charge < -0.3 is 14.2 Å². The lowest BCUT2D eigenvalue weighted by Gasteiger charge is -2.21. The third-order valence-corrected chi connectivity index (χ3v) is 5.26. The number of oxime groups is 1. The molecule has 0 saturated heterocycles. The second-order valence-corrected chi connectivity index (χ2v) is 8.47. The number of fused-ring (bicyclic) bond motifs is 1. The molecule has 0 radical (unpaired) electrons. The summed E-state index contributed by atoms with van der Waals surface area (Å²) in [7, 11) is 6.69. The van der Waals surface area contributed by atoms with Gasteiger partial charge in [-0.05, 0) is 24.6 Å². The van der Waals surface area contributed by atoms with Gasteiger partial charge in [0.2, 0.25) is 16.9 Å². The van der Waals surface area contributed by atoms with Gasteiger partial charge in [-0.2, -0.15) is 0 Å². The molecule has 186 valence electrons. The Hall–Kier alpha value is -4.31. The van der Waals surface area contributed by atoms with Gasteiger partial charge in [-0.1, -0.05) is 53.2 Å². The van der Waals surface area contributed by atoms with E-state index in [-0.39, 0.29) is 17.3 Å². The largest absolute Gasteiger partial charge is 0.463 e. The highest BCUT2D eigenvalue weighted by Crippen LogP contribution is 2.20. The van der Waals surface area contributed by atoms with Crippen LogP contribution in [0.15, 0.2) is 67.9 Å². The second kappa shape index (κ2) is 11.0. The molecule has 0 bridgehead atoms. The van der Waals surface area contributed by atoms with Crippen LogP contribution in [0.3, 0.4) is 0 Å². The number of guanidine groups is 1.